The predicted molar refractivity (Wildman–Crippen MR) is 188 cm³/mol. The smallest absolute Gasteiger partial charge is 0.262 e. The van der Waals surface area contributed by atoms with Gasteiger partial charge in [-0.2, -0.15) is 5.10 Å². The van der Waals surface area contributed by atoms with Crippen molar-refractivity contribution in [1.29, 1.82) is 0 Å². The van der Waals surface area contributed by atoms with Gasteiger partial charge < -0.3 is 24.4 Å². The summed E-state index contributed by atoms with van der Waals surface area (Å²) in [5.74, 6) is 0.713. The molecule has 10 nitrogen and oxygen atoms in total. The van der Waals surface area contributed by atoms with E-state index in [4.69, 9.17) is 25.8 Å². The molecule has 4 aromatic carbocycles. The van der Waals surface area contributed by atoms with Crippen molar-refractivity contribution < 1.29 is 23.8 Å². The van der Waals surface area contributed by atoms with E-state index in [2.05, 4.69) is 86.3 Å². The lowest BCUT2D eigenvalue weighted by atomic mass is 9.96. The summed E-state index contributed by atoms with van der Waals surface area (Å²) < 4.78 is 16.4. The molecule has 0 unspecified atom stereocenters. The Labute approximate surface area is 286 Å². The van der Waals surface area contributed by atoms with Crippen molar-refractivity contribution in [3.63, 3.8) is 0 Å². The quantitative estimate of drug-likeness (QED) is 0.133. The van der Waals surface area contributed by atoms with E-state index in [0.717, 1.165) is 26.2 Å². The monoisotopic (exact) mass is 669 g/mol. The number of anilines is 1. The molecule has 48 heavy (non-hydrogen) atoms. The molecule has 1 aliphatic heterocycles. The molecule has 1 saturated heterocycles. The summed E-state index contributed by atoms with van der Waals surface area (Å²) >= 11 is 5.99. The number of nitrogens with one attached hydrogen (secondary N) is 2. The summed E-state index contributed by atoms with van der Waals surface area (Å²) in [5.41, 5.74) is 6.36. The molecule has 5 rings (SSSR count). The van der Waals surface area contributed by atoms with E-state index in [0.29, 0.717) is 46.5 Å². The lowest BCUT2D eigenvalue weighted by Crippen LogP contribution is -2.48. The van der Waals surface area contributed by atoms with E-state index < -0.39 is 0 Å². The average Bonchev–Trinajstić information content (AvgIpc) is 3.12. The average molecular weight is 670 g/mol. The summed E-state index contributed by atoms with van der Waals surface area (Å²) in [6.45, 7) is 4.01. The molecule has 11 heteroatoms. The summed E-state index contributed by atoms with van der Waals surface area (Å²) in [5, 5.41) is 7.36. The molecule has 0 spiro atoms. The zero-order valence-electron chi connectivity index (χ0n) is 27.1. The Morgan fingerprint density at radius 2 is 1.48 bits per heavy atom. The Kier molecular flexibility index (Phi) is 12.4. The zero-order valence-corrected chi connectivity index (χ0v) is 27.9. The van der Waals surface area contributed by atoms with Gasteiger partial charge in [-0.3, -0.25) is 14.5 Å². The first-order valence-electron chi connectivity index (χ1n) is 15.8. The maximum Gasteiger partial charge on any atom is 0.262 e. The standard InChI is InChI=1S/C37H40ClN5O5/c1-46-33-24-30(38)14-15-31(33)40-36(45)26-48-32-16-13-27(23-34(32)47-2)25-39-41-35(44)17-18-42-19-21-43(22-20-42)37(28-9-5-3-6-10-28)29-11-7-4-8-12-29/h3-16,23-25,37H,17-22,26H2,1-2H3,(H,40,45)(H,41,44)/b39-25+. The molecule has 1 fully saturated rings. The Hall–Kier alpha value is -4.90. The van der Waals surface area contributed by atoms with Crippen molar-refractivity contribution in [2.45, 2.75) is 12.5 Å². The highest BCUT2D eigenvalue weighted by Gasteiger charge is 2.26. The van der Waals surface area contributed by atoms with E-state index in [-0.39, 0.29) is 24.5 Å². The molecule has 4 aromatic rings. The van der Waals surface area contributed by atoms with Crippen LogP contribution in [0.2, 0.25) is 5.02 Å². The third kappa shape index (κ3) is 9.57. The lowest BCUT2D eigenvalue weighted by Gasteiger charge is -2.39. The van der Waals surface area contributed by atoms with Crippen molar-refractivity contribution in [2.24, 2.45) is 5.10 Å². The van der Waals surface area contributed by atoms with Gasteiger partial charge in [-0.25, -0.2) is 5.43 Å². The number of hydrogen-bond acceptors (Lipinski definition) is 8. The molecule has 0 bridgehead atoms. The minimum Gasteiger partial charge on any atom is -0.495 e. The number of halogens is 1. The number of amides is 2. The third-order valence-corrected chi connectivity index (χ3v) is 8.28. The van der Waals surface area contributed by atoms with Gasteiger partial charge in [0, 0.05) is 50.2 Å². The van der Waals surface area contributed by atoms with Gasteiger partial charge in [-0.1, -0.05) is 72.3 Å². The van der Waals surface area contributed by atoms with Crippen molar-refractivity contribution in [3.8, 4) is 17.2 Å². The highest BCUT2D eigenvalue weighted by Crippen LogP contribution is 2.31. The SMILES string of the molecule is COc1cc(Cl)ccc1NC(=O)COc1ccc(/C=N/NC(=O)CCN2CCN(C(c3ccccc3)c3ccccc3)CC2)cc1OC. The predicted octanol–water partition coefficient (Wildman–Crippen LogP) is 5.62. The van der Waals surface area contributed by atoms with Gasteiger partial charge in [-0.05, 0) is 47.0 Å². The molecule has 0 aliphatic carbocycles. The molecule has 0 radical (unpaired) electrons. The minimum absolute atomic E-state index is 0.157. The van der Waals surface area contributed by atoms with Crippen molar-refractivity contribution >= 4 is 35.3 Å². The number of piperazine rings is 1. The van der Waals surface area contributed by atoms with Crippen molar-refractivity contribution in [1.82, 2.24) is 15.2 Å². The molecule has 1 aliphatic rings. The molecule has 2 amide bonds. The van der Waals surface area contributed by atoms with Gasteiger partial charge in [0.2, 0.25) is 5.91 Å². The summed E-state index contributed by atoms with van der Waals surface area (Å²) in [7, 11) is 3.00. The second-order valence-electron chi connectivity index (χ2n) is 11.2. The third-order valence-electron chi connectivity index (χ3n) is 8.04. The molecule has 2 N–H and O–H groups in total. The number of ether oxygens (including phenoxy) is 3. The van der Waals surface area contributed by atoms with Gasteiger partial charge in [0.15, 0.2) is 18.1 Å². The normalized spacial score (nSPS) is 13.8. The number of hydrazone groups is 1. The molecule has 1 heterocycles. The van der Waals surface area contributed by atoms with Gasteiger partial charge >= 0.3 is 0 Å². The number of carbonyl (C=O) groups is 2. The Bertz CT molecular complexity index is 1640. The minimum atomic E-state index is -0.378. The van der Waals surface area contributed by atoms with Crippen LogP contribution >= 0.6 is 11.6 Å². The van der Waals surface area contributed by atoms with Crippen LogP contribution in [0, 0.1) is 0 Å². The second-order valence-corrected chi connectivity index (χ2v) is 11.7. The number of rotatable bonds is 14. The van der Waals surface area contributed by atoms with Crippen LogP contribution in [-0.4, -0.2) is 81.4 Å². The van der Waals surface area contributed by atoms with Crippen LogP contribution in [0.5, 0.6) is 17.2 Å². The Morgan fingerprint density at radius 1 is 0.812 bits per heavy atom. The van der Waals surface area contributed by atoms with Crippen LogP contribution in [0.4, 0.5) is 5.69 Å². The van der Waals surface area contributed by atoms with Crippen molar-refractivity contribution in [3.05, 3.63) is 119 Å². The van der Waals surface area contributed by atoms with Crippen LogP contribution in [0.3, 0.4) is 0 Å². The topological polar surface area (TPSA) is 105 Å². The van der Waals surface area contributed by atoms with E-state index >= 15 is 0 Å². The number of nitrogens with zero attached hydrogens (tertiary/aromatic N) is 3. The summed E-state index contributed by atoms with van der Waals surface area (Å²) in [6, 6.07) is 31.5. The fourth-order valence-electron chi connectivity index (χ4n) is 5.61. The number of methoxy groups -OCH3 is 2. The zero-order chi connectivity index (χ0) is 33.7. The van der Waals surface area contributed by atoms with Gasteiger partial charge in [0.25, 0.3) is 5.91 Å². The van der Waals surface area contributed by atoms with E-state index in [1.54, 1.807) is 36.4 Å². The number of hydrogen-bond donors (Lipinski definition) is 2. The maximum absolute atomic E-state index is 12.6. The van der Waals surface area contributed by atoms with Crippen LogP contribution in [-0.2, 0) is 9.59 Å². The van der Waals surface area contributed by atoms with Crippen LogP contribution in [0.25, 0.3) is 0 Å². The van der Waals surface area contributed by atoms with Gasteiger partial charge in [0.05, 0.1) is 32.2 Å². The fourth-order valence-corrected chi connectivity index (χ4v) is 5.77. The Morgan fingerprint density at radius 3 is 2.12 bits per heavy atom. The van der Waals surface area contributed by atoms with E-state index in [1.807, 2.05) is 0 Å². The van der Waals surface area contributed by atoms with Crippen molar-refractivity contribution in [2.75, 3.05) is 58.9 Å². The lowest BCUT2D eigenvalue weighted by molar-refractivity contribution is -0.121. The first-order valence-corrected chi connectivity index (χ1v) is 16.1. The Balaban J connectivity index is 1.06. The number of carbonyl (C=O) groups excluding carboxylic acids is 2. The molecular weight excluding hydrogens is 630 g/mol. The largest absolute Gasteiger partial charge is 0.495 e. The van der Waals surface area contributed by atoms with Gasteiger partial charge in [-0.15, -0.1) is 0 Å². The van der Waals surface area contributed by atoms with Gasteiger partial charge in [0.1, 0.15) is 5.75 Å². The van der Waals surface area contributed by atoms with E-state index in [9.17, 15) is 9.59 Å². The fraction of sp³-hybridized carbons (Fsp3) is 0.270. The number of benzene rings is 4. The molecule has 250 valence electrons. The molecule has 0 atom stereocenters. The maximum atomic E-state index is 12.6. The van der Waals surface area contributed by atoms with Crippen LogP contribution in [0.15, 0.2) is 102 Å². The highest BCUT2D eigenvalue weighted by molar-refractivity contribution is 6.30. The first-order chi connectivity index (χ1) is 23.4. The summed E-state index contributed by atoms with van der Waals surface area (Å²) in [6.07, 6.45) is 1.88. The second kappa shape index (κ2) is 17.3. The summed E-state index contributed by atoms with van der Waals surface area (Å²) in [4.78, 5) is 29.9. The molecule has 0 saturated carbocycles. The molecule has 0 aromatic heterocycles. The molecular formula is C37H40ClN5O5. The van der Waals surface area contributed by atoms with Crippen LogP contribution in [0.1, 0.15) is 29.2 Å². The first kappa shape index (κ1) is 34.4. The van der Waals surface area contributed by atoms with Crippen LogP contribution < -0.4 is 25.0 Å². The van der Waals surface area contributed by atoms with E-state index in [1.165, 1.54) is 31.6 Å². The highest BCUT2D eigenvalue weighted by atomic mass is 35.5.